The minimum absolute atomic E-state index is 0.247. The average molecular weight is 411 g/mol. The van der Waals surface area contributed by atoms with Gasteiger partial charge in [-0.1, -0.05) is 72.8 Å². The van der Waals surface area contributed by atoms with Crippen LogP contribution in [-0.4, -0.2) is 16.0 Å². The van der Waals surface area contributed by atoms with E-state index >= 15 is 0 Å². The highest BCUT2D eigenvalue weighted by atomic mass is 32.2. The van der Waals surface area contributed by atoms with Crippen molar-refractivity contribution >= 4 is 39.8 Å². The van der Waals surface area contributed by atoms with Crippen molar-refractivity contribution in [2.24, 2.45) is 0 Å². The number of hydrogen-bond acceptors (Lipinski definition) is 4. The van der Waals surface area contributed by atoms with Crippen molar-refractivity contribution < 1.29 is 14.0 Å². The Hall–Kier alpha value is -3.57. The molecule has 0 radical (unpaired) electrons. The molecule has 0 spiro atoms. The SMILES string of the molecule is O=C1S/C(=C\c2ccc(-c3ccccc3)o2)C(=O)N1Cc1cccc2ccccc12. The van der Waals surface area contributed by atoms with Crippen molar-refractivity contribution in [2.75, 3.05) is 0 Å². The fraction of sp³-hybridized carbons (Fsp3) is 0.0400. The molecule has 2 heterocycles. The summed E-state index contributed by atoms with van der Waals surface area (Å²) in [6.45, 7) is 0.247. The number of fused-ring (bicyclic) bond motifs is 1. The molecule has 4 nitrogen and oxygen atoms in total. The molecule has 1 saturated heterocycles. The Kier molecular flexibility index (Phi) is 4.73. The molecule has 0 bridgehead atoms. The Balaban J connectivity index is 1.40. The van der Waals surface area contributed by atoms with E-state index < -0.39 is 0 Å². The van der Waals surface area contributed by atoms with Gasteiger partial charge in [0.25, 0.3) is 11.1 Å². The van der Waals surface area contributed by atoms with E-state index in [9.17, 15) is 9.59 Å². The zero-order valence-electron chi connectivity index (χ0n) is 15.9. The first-order valence-corrected chi connectivity index (χ1v) is 10.4. The van der Waals surface area contributed by atoms with Crippen LogP contribution in [0.2, 0.25) is 0 Å². The molecule has 30 heavy (non-hydrogen) atoms. The van der Waals surface area contributed by atoms with Crippen LogP contribution in [-0.2, 0) is 11.3 Å². The van der Waals surface area contributed by atoms with Gasteiger partial charge in [-0.15, -0.1) is 0 Å². The fourth-order valence-corrected chi connectivity index (χ4v) is 4.37. The molecule has 146 valence electrons. The smallest absolute Gasteiger partial charge is 0.293 e. The summed E-state index contributed by atoms with van der Waals surface area (Å²) in [4.78, 5) is 27.1. The molecule has 2 amide bonds. The summed E-state index contributed by atoms with van der Waals surface area (Å²) < 4.78 is 5.85. The Labute approximate surface area is 177 Å². The molecular weight excluding hydrogens is 394 g/mol. The standard InChI is InChI=1S/C25H17NO3S/c27-24-23(15-20-13-14-22(29-20)18-8-2-1-3-9-18)30-25(28)26(24)16-19-11-6-10-17-7-4-5-12-21(17)19/h1-15H,16H2/b23-15-. The highest BCUT2D eigenvalue weighted by molar-refractivity contribution is 8.18. The minimum atomic E-state index is -0.296. The normalized spacial score (nSPS) is 15.5. The van der Waals surface area contributed by atoms with Crippen LogP contribution in [0.5, 0.6) is 0 Å². The number of rotatable bonds is 4. The molecule has 0 aliphatic carbocycles. The van der Waals surface area contributed by atoms with Gasteiger partial charge in [-0.3, -0.25) is 14.5 Å². The van der Waals surface area contributed by atoms with Crippen LogP contribution in [0.15, 0.2) is 94.3 Å². The van der Waals surface area contributed by atoms with Crippen molar-refractivity contribution in [3.8, 4) is 11.3 Å². The second-order valence-electron chi connectivity index (χ2n) is 6.97. The topological polar surface area (TPSA) is 50.5 Å². The van der Waals surface area contributed by atoms with E-state index in [1.54, 1.807) is 12.1 Å². The van der Waals surface area contributed by atoms with Crippen LogP contribution < -0.4 is 0 Å². The predicted octanol–water partition coefficient (Wildman–Crippen LogP) is 6.34. The molecule has 1 aromatic heterocycles. The number of nitrogens with zero attached hydrogens (tertiary/aromatic N) is 1. The van der Waals surface area contributed by atoms with Gasteiger partial charge in [0.1, 0.15) is 11.5 Å². The molecule has 0 saturated carbocycles. The Morgan fingerprint density at radius 1 is 0.833 bits per heavy atom. The molecule has 0 N–H and O–H groups in total. The van der Waals surface area contributed by atoms with Crippen LogP contribution in [0, 0.1) is 0 Å². The Morgan fingerprint density at radius 3 is 2.47 bits per heavy atom. The van der Waals surface area contributed by atoms with E-state index in [2.05, 4.69) is 0 Å². The number of furan rings is 1. The van der Waals surface area contributed by atoms with Gasteiger partial charge in [0.15, 0.2) is 0 Å². The molecule has 4 aromatic rings. The maximum Gasteiger partial charge on any atom is 0.293 e. The summed E-state index contributed by atoms with van der Waals surface area (Å²) in [5.74, 6) is 0.969. The van der Waals surface area contributed by atoms with Gasteiger partial charge in [-0.25, -0.2) is 0 Å². The molecule has 0 atom stereocenters. The van der Waals surface area contributed by atoms with E-state index in [1.165, 1.54) is 4.90 Å². The molecule has 1 aliphatic heterocycles. The number of hydrogen-bond donors (Lipinski definition) is 0. The third kappa shape index (κ3) is 3.44. The number of amides is 2. The second-order valence-corrected chi connectivity index (χ2v) is 7.97. The Morgan fingerprint density at radius 2 is 1.60 bits per heavy atom. The second kappa shape index (κ2) is 7.69. The number of imide groups is 1. The van der Waals surface area contributed by atoms with Crippen molar-refractivity contribution in [1.29, 1.82) is 0 Å². The van der Waals surface area contributed by atoms with E-state index in [1.807, 2.05) is 78.9 Å². The maximum absolute atomic E-state index is 12.9. The number of carbonyl (C=O) groups excluding carboxylic acids is 2. The van der Waals surface area contributed by atoms with Gasteiger partial charge < -0.3 is 4.42 Å². The summed E-state index contributed by atoms with van der Waals surface area (Å²) >= 11 is 0.945. The van der Waals surface area contributed by atoms with E-state index in [0.717, 1.165) is 39.4 Å². The minimum Gasteiger partial charge on any atom is -0.457 e. The van der Waals surface area contributed by atoms with Crippen LogP contribution in [0.1, 0.15) is 11.3 Å². The van der Waals surface area contributed by atoms with E-state index in [0.29, 0.717) is 10.7 Å². The molecule has 0 unspecified atom stereocenters. The number of benzene rings is 3. The first-order chi connectivity index (χ1) is 14.7. The van der Waals surface area contributed by atoms with E-state index in [-0.39, 0.29) is 17.7 Å². The van der Waals surface area contributed by atoms with E-state index in [4.69, 9.17) is 4.42 Å². The van der Waals surface area contributed by atoms with Gasteiger partial charge in [0, 0.05) is 11.6 Å². The van der Waals surface area contributed by atoms with Gasteiger partial charge in [-0.2, -0.15) is 0 Å². The zero-order chi connectivity index (χ0) is 20.5. The summed E-state index contributed by atoms with van der Waals surface area (Å²) in [7, 11) is 0. The molecule has 5 heteroatoms. The van der Waals surface area contributed by atoms with Crippen molar-refractivity contribution in [1.82, 2.24) is 4.90 Å². The van der Waals surface area contributed by atoms with Gasteiger partial charge >= 0.3 is 0 Å². The molecule has 1 fully saturated rings. The maximum atomic E-state index is 12.9. The Bertz CT molecular complexity index is 1280. The first-order valence-electron chi connectivity index (χ1n) is 9.56. The number of carbonyl (C=O) groups is 2. The third-order valence-corrected chi connectivity index (χ3v) is 5.95. The van der Waals surface area contributed by atoms with Crippen LogP contribution in [0.4, 0.5) is 4.79 Å². The quantitative estimate of drug-likeness (QED) is 0.368. The highest BCUT2D eigenvalue weighted by Crippen LogP contribution is 2.35. The monoisotopic (exact) mass is 411 g/mol. The van der Waals surface area contributed by atoms with Crippen molar-refractivity contribution in [2.45, 2.75) is 6.54 Å². The predicted molar refractivity (Wildman–Crippen MR) is 120 cm³/mol. The summed E-state index contributed by atoms with van der Waals surface area (Å²) in [6.07, 6.45) is 1.64. The van der Waals surface area contributed by atoms with Crippen LogP contribution >= 0.6 is 11.8 Å². The van der Waals surface area contributed by atoms with Gasteiger partial charge in [0.05, 0.1) is 11.4 Å². The fourth-order valence-electron chi connectivity index (χ4n) is 3.55. The van der Waals surface area contributed by atoms with Crippen LogP contribution in [0.3, 0.4) is 0 Å². The lowest BCUT2D eigenvalue weighted by Crippen LogP contribution is -2.27. The largest absolute Gasteiger partial charge is 0.457 e. The third-order valence-electron chi connectivity index (χ3n) is 5.04. The lowest BCUT2D eigenvalue weighted by molar-refractivity contribution is -0.123. The average Bonchev–Trinajstić information content (AvgIpc) is 3.35. The number of thioether (sulfide) groups is 1. The lowest BCUT2D eigenvalue weighted by Gasteiger charge is -2.14. The molecule has 5 rings (SSSR count). The molecule has 1 aliphatic rings. The van der Waals surface area contributed by atoms with Gasteiger partial charge in [-0.05, 0) is 40.2 Å². The molecule has 3 aromatic carbocycles. The summed E-state index contributed by atoms with van der Waals surface area (Å²) in [5.41, 5.74) is 1.90. The van der Waals surface area contributed by atoms with Crippen LogP contribution in [0.25, 0.3) is 28.2 Å². The highest BCUT2D eigenvalue weighted by Gasteiger charge is 2.35. The van der Waals surface area contributed by atoms with Crippen molar-refractivity contribution in [3.05, 3.63) is 101 Å². The summed E-state index contributed by atoms with van der Waals surface area (Å²) in [6, 6.07) is 27.3. The van der Waals surface area contributed by atoms with Crippen molar-refractivity contribution in [3.63, 3.8) is 0 Å². The molecular formula is C25H17NO3S. The summed E-state index contributed by atoms with van der Waals surface area (Å²) in [5, 5.41) is 1.86. The zero-order valence-corrected chi connectivity index (χ0v) is 16.8. The lowest BCUT2D eigenvalue weighted by atomic mass is 10.0. The van der Waals surface area contributed by atoms with Gasteiger partial charge in [0.2, 0.25) is 0 Å². The first kappa shape index (κ1) is 18.5.